The van der Waals surface area contributed by atoms with E-state index in [1.807, 2.05) is 0 Å². The van der Waals surface area contributed by atoms with E-state index >= 15 is 0 Å². The van der Waals surface area contributed by atoms with Crippen molar-refractivity contribution >= 4 is 39.6 Å². The molecule has 2 aromatic carbocycles. The second-order valence-corrected chi connectivity index (χ2v) is 6.98. The molecule has 0 bridgehead atoms. The summed E-state index contributed by atoms with van der Waals surface area (Å²) in [6.07, 6.45) is -3.71. The van der Waals surface area contributed by atoms with Gasteiger partial charge in [0.2, 0.25) is 0 Å². The number of pyridine rings is 1. The van der Waals surface area contributed by atoms with Crippen molar-refractivity contribution in [2.24, 2.45) is 0 Å². The molecule has 0 saturated heterocycles. The van der Waals surface area contributed by atoms with Crippen LogP contribution in [-0.2, 0) is 10.9 Å². The van der Waals surface area contributed by atoms with Gasteiger partial charge in [-0.15, -0.1) is 0 Å². The minimum absolute atomic E-state index is 0.0132. The molecule has 0 fully saturated rings. The van der Waals surface area contributed by atoms with E-state index < -0.39 is 29.2 Å². The van der Waals surface area contributed by atoms with E-state index in [2.05, 4.69) is 4.74 Å². The fourth-order valence-corrected chi connectivity index (χ4v) is 3.69. The summed E-state index contributed by atoms with van der Waals surface area (Å²) in [6.45, 7) is 0. The van der Waals surface area contributed by atoms with Crippen LogP contribution in [-0.4, -0.2) is 23.3 Å². The lowest BCUT2D eigenvalue weighted by Gasteiger charge is -2.10. The predicted octanol–water partition coefficient (Wildman–Crippen LogP) is 5.78. The Hall–Kier alpha value is -3.32. The number of hydrogen-bond donors (Lipinski definition) is 0. The molecule has 0 unspecified atom stereocenters. The number of ketones is 1. The maximum absolute atomic E-state index is 14.0. The van der Waals surface area contributed by atoms with Crippen LogP contribution >= 0.6 is 11.6 Å². The quantitative estimate of drug-likeness (QED) is 0.305. The first-order valence-corrected chi connectivity index (χ1v) is 9.13. The van der Waals surface area contributed by atoms with E-state index in [0.29, 0.717) is 15.8 Å². The van der Waals surface area contributed by atoms with Crippen LogP contribution < -0.4 is 0 Å². The summed E-state index contributed by atoms with van der Waals surface area (Å²) < 4.78 is 47.6. The van der Waals surface area contributed by atoms with Gasteiger partial charge in [0.05, 0.1) is 18.2 Å². The second kappa shape index (κ2) is 7.18. The smallest absolute Gasteiger partial charge is 0.432 e. The Balaban J connectivity index is 2.20. The number of alkyl halides is 3. The van der Waals surface area contributed by atoms with Gasteiger partial charge in [-0.05, 0) is 35.7 Å². The molecular weight excluding hydrogens is 419 g/mol. The fourth-order valence-electron chi connectivity index (χ4n) is 3.56. The molecule has 2 heterocycles. The summed E-state index contributed by atoms with van der Waals surface area (Å²) >= 11 is 5.87. The Bertz CT molecular complexity index is 1310. The molecule has 0 saturated carbocycles. The average molecular weight is 432 g/mol. The van der Waals surface area contributed by atoms with Crippen molar-refractivity contribution in [1.82, 2.24) is 4.40 Å². The first-order chi connectivity index (χ1) is 14.2. The zero-order valence-electron chi connectivity index (χ0n) is 15.5. The summed E-state index contributed by atoms with van der Waals surface area (Å²) in [5, 5.41) is 1.39. The molecule has 8 heteroatoms. The second-order valence-electron chi connectivity index (χ2n) is 6.55. The van der Waals surface area contributed by atoms with Gasteiger partial charge in [-0.2, -0.15) is 13.2 Å². The molecule has 4 nitrogen and oxygen atoms in total. The van der Waals surface area contributed by atoms with E-state index in [4.69, 9.17) is 11.6 Å². The molecule has 30 heavy (non-hydrogen) atoms. The SMILES string of the molecule is COC(=O)c1c(C(=O)c2ccc(Cl)cc2)c2c3ccccc3ccn2c1C(F)(F)F. The number of esters is 1. The van der Waals surface area contributed by atoms with E-state index in [1.54, 1.807) is 24.3 Å². The Kier molecular flexibility index (Phi) is 4.78. The molecule has 4 aromatic rings. The van der Waals surface area contributed by atoms with Crippen LogP contribution in [0.5, 0.6) is 0 Å². The van der Waals surface area contributed by atoms with Crippen LogP contribution in [0, 0.1) is 0 Å². The molecule has 4 rings (SSSR count). The molecule has 0 N–H and O–H groups in total. The van der Waals surface area contributed by atoms with Gasteiger partial charge in [0.25, 0.3) is 0 Å². The number of benzene rings is 2. The number of fused-ring (bicyclic) bond motifs is 3. The van der Waals surface area contributed by atoms with E-state index in [1.165, 1.54) is 36.5 Å². The predicted molar refractivity (Wildman–Crippen MR) is 106 cm³/mol. The lowest BCUT2D eigenvalue weighted by Crippen LogP contribution is -2.17. The normalized spacial score (nSPS) is 11.8. The zero-order chi connectivity index (χ0) is 21.6. The van der Waals surface area contributed by atoms with Gasteiger partial charge in [-0.3, -0.25) is 4.79 Å². The number of rotatable bonds is 3. The van der Waals surface area contributed by atoms with Crippen LogP contribution in [0.15, 0.2) is 60.8 Å². The number of halogens is 4. The Morgan fingerprint density at radius 3 is 2.27 bits per heavy atom. The maximum atomic E-state index is 14.0. The van der Waals surface area contributed by atoms with Crippen molar-refractivity contribution in [3.05, 3.63) is 88.2 Å². The third-order valence-corrected chi connectivity index (χ3v) is 5.07. The maximum Gasteiger partial charge on any atom is 0.432 e. The van der Waals surface area contributed by atoms with Crippen molar-refractivity contribution in [3.8, 4) is 0 Å². The first kappa shape index (κ1) is 20.0. The van der Waals surface area contributed by atoms with Gasteiger partial charge < -0.3 is 9.14 Å². The number of methoxy groups -OCH3 is 1. The van der Waals surface area contributed by atoms with Crippen LogP contribution in [0.25, 0.3) is 16.3 Å². The third kappa shape index (κ3) is 3.11. The number of nitrogens with zero attached hydrogens (tertiary/aromatic N) is 1. The van der Waals surface area contributed by atoms with Crippen LogP contribution in [0.3, 0.4) is 0 Å². The molecule has 0 aliphatic rings. The third-order valence-electron chi connectivity index (χ3n) is 4.82. The highest BCUT2D eigenvalue weighted by Crippen LogP contribution is 2.40. The molecule has 0 spiro atoms. The van der Waals surface area contributed by atoms with E-state index in [-0.39, 0.29) is 16.6 Å². The summed E-state index contributed by atoms with van der Waals surface area (Å²) in [5.74, 6) is -1.98. The van der Waals surface area contributed by atoms with Crippen LogP contribution in [0.1, 0.15) is 32.0 Å². The van der Waals surface area contributed by atoms with Crippen molar-refractivity contribution in [1.29, 1.82) is 0 Å². The highest BCUT2D eigenvalue weighted by atomic mass is 35.5. The number of carbonyl (C=O) groups is 2. The summed E-state index contributed by atoms with van der Waals surface area (Å²) in [5.41, 5.74) is -2.36. The Labute approximate surface area is 173 Å². The molecule has 152 valence electrons. The highest BCUT2D eigenvalue weighted by molar-refractivity contribution is 6.31. The number of hydrogen-bond acceptors (Lipinski definition) is 3. The molecular formula is C22H13ClF3NO3. The standard InChI is InChI=1S/C22H13ClF3NO3/c1-30-21(29)17-16(19(28)13-6-8-14(23)9-7-13)18-15-5-3-2-4-12(15)10-11-27(18)20(17)22(24,25)26/h2-11H,1H3. The molecule has 0 atom stereocenters. The van der Waals surface area contributed by atoms with Gasteiger partial charge in [0.1, 0.15) is 11.3 Å². The lowest BCUT2D eigenvalue weighted by atomic mass is 9.97. The minimum atomic E-state index is -4.91. The number of aromatic nitrogens is 1. The number of carbonyl (C=O) groups excluding carboxylic acids is 2. The van der Waals surface area contributed by atoms with Gasteiger partial charge in [0, 0.05) is 22.2 Å². The highest BCUT2D eigenvalue weighted by Gasteiger charge is 2.43. The van der Waals surface area contributed by atoms with Gasteiger partial charge in [0.15, 0.2) is 5.78 Å². The number of ether oxygens (including phenoxy) is 1. The molecule has 0 aliphatic carbocycles. The topological polar surface area (TPSA) is 47.8 Å². The summed E-state index contributed by atoms with van der Waals surface area (Å²) in [6, 6.07) is 13.9. The summed E-state index contributed by atoms with van der Waals surface area (Å²) in [7, 11) is 0.972. The Morgan fingerprint density at radius 2 is 1.63 bits per heavy atom. The van der Waals surface area contributed by atoms with Gasteiger partial charge >= 0.3 is 12.1 Å². The van der Waals surface area contributed by atoms with Gasteiger partial charge in [-0.25, -0.2) is 4.79 Å². The lowest BCUT2D eigenvalue weighted by molar-refractivity contribution is -0.142. The average Bonchev–Trinajstić information content (AvgIpc) is 3.09. The Morgan fingerprint density at radius 1 is 0.967 bits per heavy atom. The van der Waals surface area contributed by atoms with E-state index in [9.17, 15) is 22.8 Å². The van der Waals surface area contributed by atoms with Gasteiger partial charge in [-0.1, -0.05) is 35.9 Å². The monoisotopic (exact) mass is 431 g/mol. The largest absolute Gasteiger partial charge is 0.465 e. The zero-order valence-corrected chi connectivity index (χ0v) is 16.2. The molecule has 2 aromatic heterocycles. The summed E-state index contributed by atoms with van der Waals surface area (Å²) in [4.78, 5) is 25.9. The van der Waals surface area contributed by atoms with Crippen molar-refractivity contribution in [3.63, 3.8) is 0 Å². The molecule has 0 amide bonds. The minimum Gasteiger partial charge on any atom is -0.465 e. The van der Waals surface area contributed by atoms with Crippen LogP contribution in [0.2, 0.25) is 5.02 Å². The first-order valence-electron chi connectivity index (χ1n) is 8.75. The van der Waals surface area contributed by atoms with Crippen molar-refractivity contribution in [2.75, 3.05) is 7.11 Å². The van der Waals surface area contributed by atoms with E-state index in [0.717, 1.165) is 11.5 Å². The van der Waals surface area contributed by atoms with Crippen molar-refractivity contribution < 1.29 is 27.5 Å². The van der Waals surface area contributed by atoms with Crippen molar-refractivity contribution in [2.45, 2.75) is 6.18 Å². The fraction of sp³-hybridized carbons (Fsp3) is 0.0909. The molecule has 0 aliphatic heterocycles. The molecule has 0 radical (unpaired) electrons. The van der Waals surface area contributed by atoms with Crippen LogP contribution in [0.4, 0.5) is 13.2 Å².